The lowest BCUT2D eigenvalue weighted by atomic mass is 10.2. The first-order chi connectivity index (χ1) is 7.00. The van der Waals surface area contributed by atoms with Crippen LogP contribution in [-0.4, -0.2) is 16.9 Å². The number of carbonyl (C=O) groups excluding carboxylic acids is 1. The average molecular weight is 245 g/mol. The predicted molar refractivity (Wildman–Crippen MR) is 58.1 cm³/mol. The number of aliphatic carboxylic acids is 1. The summed E-state index contributed by atoms with van der Waals surface area (Å²) in [4.78, 5) is 20.9. The maximum Gasteiger partial charge on any atom is 0.376 e. The van der Waals surface area contributed by atoms with Gasteiger partial charge in [-0.3, -0.25) is 4.79 Å². The number of ketones is 1. The fraction of sp³-hybridized carbons (Fsp3) is 0. The summed E-state index contributed by atoms with van der Waals surface area (Å²) in [5, 5.41) is 9.06. The topological polar surface area (TPSA) is 54.4 Å². The van der Waals surface area contributed by atoms with Gasteiger partial charge in [-0.15, -0.1) is 0 Å². The smallest absolute Gasteiger partial charge is 0.376 e. The zero-order valence-corrected chi connectivity index (χ0v) is 8.92. The Labute approximate surface area is 95.9 Å². The molecule has 3 nitrogen and oxygen atoms in total. The summed E-state index contributed by atoms with van der Waals surface area (Å²) in [5.41, 5.74) is 0.610. The molecule has 0 aliphatic rings. The van der Waals surface area contributed by atoms with E-state index < -0.39 is 11.8 Å². The summed E-state index contributed by atoms with van der Waals surface area (Å²) in [6.07, 6.45) is 2.32. The number of carboxylic acid groups (broad SMARTS) is 1. The lowest BCUT2D eigenvalue weighted by Crippen LogP contribution is -2.08. The molecule has 0 unspecified atom stereocenters. The minimum atomic E-state index is -1.49. The van der Waals surface area contributed by atoms with Crippen molar-refractivity contribution >= 4 is 41.0 Å². The Morgan fingerprint density at radius 2 is 1.87 bits per heavy atom. The maximum atomic E-state index is 10.7. The van der Waals surface area contributed by atoms with Gasteiger partial charge < -0.3 is 5.11 Å². The molecular weight excluding hydrogens is 239 g/mol. The number of hydrogen-bond acceptors (Lipinski definition) is 2. The lowest BCUT2D eigenvalue weighted by molar-refractivity contribution is -0.146. The van der Waals surface area contributed by atoms with Crippen LogP contribution in [0.1, 0.15) is 5.56 Å². The molecule has 15 heavy (non-hydrogen) atoms. The minimum absolute atomic E-state index is 0.349. The standard InChI is InChI=1S/C10H6Cl2O3/c11-7-3-1-6(5-8(7)12)2-4-9(13)10(14)15/h1-5H,(H,14,15)/b4-2+. The molecule has 0 fully saturated rings. The molecule has 0 heterocycles. The summed E-state index contributed by atoms with van der Waals surface area (Å²) >= 11 is 11.4. The number of benzene rings is 1. The highest BCUT2D eigenvalue weighted by molar-refractivity contribution is 6.42. The molecule has 0 saturated heterocycles. The van der Waals surface area contributed by atoms with E-state index in [9.17, 15) is 9.59 Å². The van der Waals surface area contributed by atoms with Crippen molar-refractivity contribution in [1.29, 1.82) is 0 Å². The first kappa shape index (κ1) is 11.8. The molecule has 5 heteroatoms. The first-order valence-corrected chi connectivity index (χ1v) is 4.66. The molecule has 1 aromatic carbocycles. The summed E-state index contributed by atoms with van der Waals surface area (Å²) < 4.78 is 0. The molecule has 1 N–H and O–H groups in total. The normalized spacial score (nSPS) is 10.5. The van der Waals surface area contributed by atoms with Gasteiger partial charge in [-0.1, -0.05) is 35.3 Å². The van der Waals surface area contributed by atoms with Crippen LogP contribution in [0.2, 0.25) is 10.0 Å². The molecule has 0 bridgehead atoms. The molecule has 0 atom stereocenters. The van der Waals surface area contributed by atoms with Gasteiger partial charge in [0, 0.05) is 0 Å². The average Bonchev–Trinajstić information content (AvgIpc) is 2.19. The van der Waals surface area contributed by atoms with Crippen molar-refractivity contribution in [2.75, 3.05) is 0 Å². The van der Waals surface area contributed by atoms with Gasteiger partial charge in [0.1, 0.15) is 0 Å². The van der Waals surface area contributed by atoms with Gasteiger partial charge in [0.2, 0.25) is 0 Å². The van der Waals surface area contributed by atoms with Crippen molar-refractivity contribution in [2.45, 2.75) is 0 Å². The third-order valence-electron chi connectivity index (χ3n) is 1.58. The van der Waals surface area contributed by atoms with Crippen LogP contribution in [0.4, 0.5) is 0 Å². The van der Waals surface area contributed by atoms with Gasteiger partial charge in [-0.2, -0.15) is 0 Å². The highest BCUT2D eigenvalue weighted by Gasteiger charge is 2.05. The third kappa shape index (κ3) is 3.38. The van der Waals surface area contributed by atoms with E-state index in [4.69, 9.17) is 28.3 Å². The van der Waals surface area contributed by atoms with Crippen molar-refractivity contribution in [1.82, 2.24) is 0 Å². The number of carboxylic acids is 1. The lowest BCUT2D eigenvalue weighted by Gasteiger charge is -1.96. The summed E-state index contributed by atoms with van der Waals surface area (Å²) in [6.45, 7) is 0. The van der Waals surface area contributed by atoms with Crippen LogP contribution in [0.15, 0.2) is 24.3 Å². The van der Waals surface area contributed by atoms with Crippen molar-refractivity contribution in [3.8, 4) is 0 Å². The van der Waals surface area contributed by atoms with E-state index in [1.54, 1.807) is 12.1 Å². The van der Waals surface area contributed by atoms with E-state index in [1.807, 2.05) is 0 Å². The van der Waals surface area contributed by atoms with Crippen molar-refractivity contribution < 1.29 is 14.7 Å². The predicted octanol–water partition coefficient (Wildman–Crippen LogP) is 2.66. The highest BCUT2D eigenvalue weighted by atomic mass is 35.5. The highest BCUT2D eigenvalue weighted by Crippen LogP contribution is 2.22. The van der Waals surface area contributed by atoms with Gasteiger partial charge in [-0.05, 0) is 23.8 Å². The first-order valence-electron chi connectivity index (χ1n) is 3.91. The molecule has 1 rings (SSSR count). The molecule has 0 aliphatic carbocycles. The van der Waals surface area contributed by atoms with Crippen LogP contribution in [-0.2, 0) is 9.59 Å². The van der Waals surface area contributed by atoms with Crippen LogP contribution in [0.3, 0.4) is 0 Å². The van der Waals surface area contributed by atoms with Crippen molar-refractivity contribution in [2.24, 2.45) is 0 Å². The van der Waals surface area contributed by atoms with Gasteiger partial charge >= 0.3 is 5.97 Å². The monoisotopic (exact) mass is 244 g/mol. The van der Waals surface area contributed by atoms with E-state index >= 15 is 0 Å². The Bertz CT molecular complexity index is 438. The van der Waals surface area contributed by atoms with Crippen LogP contribution < -0.4 is 0 Å². The molecular formula is C10H6Cl2O3. The maximum absolute atomic E-state index is 10.7. The van der Waals surface area contributed by atoms with Gasteiger partial charge in [0.15, 0.2) is 0 Å². The van der Waals surface area contributed by atoms with E-state index in [0.717, 1.165) is 6.08 Å². The second-order valence-corrected chi connectivity index (χ2v) is 3.49. The second-order valence-electron chi connectivity index (χ2n) is 2.68. The molecule has 0 aliphatic heterocycles. The van der Waals surface area contributed by atoms with Crippen LogP contribution in [0, 0.1) is 0 Å². The van der Waals surface area contributed by atoms with Crippen LogP contribution >= 0.6 is 23.2 Å². The Morgan fingerprint density at radius 3 is 2.40 bits per heavy atom. The number of halogens is 2. The van der Waals surface area contributed by atoms with E-state index in [-0.39, 0.29) is 0 Å². The molecule has 0 radical (unpaired) electrons. The molecule has 0 aromatic heterocycles. The molecule has 0 saturated carbocycles. The third-order valence-corrected chi connectivity index (χ3v) is 2.32. The molecule has 0 amide bonds. The Kier molecular flexibility index (Phi) is 3.88. The number of carbonyl (C=O) groups is 2. The summed E-state index contributed by atoms with van der Waals surface area (Å²) in [6, 6.07) is 4.73. The second kappa shape index (κ2) is 4.96. The van der Waals surface area contributed by atoms with E-state index in [1.165, 1.54) is 12.1 Å². The van der Waals surface area contributed by atoms with Crippen LogP contribution in [0.25, 0.3) is 6.08 Å². The van der Waals surface area contributed by atoms with Gasteiger partial charge in [-0.25, -0.2) is 4.79 Å². The number of hydrogen-bond donors (Lipinski definition) is 1. The fourth-order valence-corrected chi connectivity index (χ4v) is 1.17. The number of rotatable bonds is 3. The largest absolute Gasteiger partial charge is 0.475 e. The van der Waals surface area contributed by atoms with E-state index in [2.05, 4.69) is 0 Å². The zero-order valence-electron chi connectivity index (χ0n) is 7.41. The Balaban J connectivity index is 2.86. The minimum Gasteiger partial charge on any atom is -0.475 e. The molecule has 1 aromatic rings. The Hall–Kier alpha value is -1.32. The van der Waals surface area contributed by atoms with E-state index in [0.29, 0.717) is 15.6 Å². The fourth-order valence-electron chi connectivity index (χ4n) is 0.859. The molecule has 78 valence electrons. The van der Waals surface area contributed by atoms with Crippen molar-refractivity contribution in [3.63, 3.8) is 0 Å². The van der Waals surface area contributed by atoms with Gasteiger partial charge in [0.25, 0.3) is 5.78 Å². The van der Waals surface area contributed by atoms with Crippen LogP contribution in [0.5, 0.6) is 0 Å². The summed E-state index contributed by atoms with van der Waals surface area (Å²) in [7, 11) is 0. The summed E-state index contributed by atoms with van der Waals surface area (Å²) in [5.74, 6) is -2.48. The van der Waals surface area contributed by atoms with Crippen molar-refractivity contribution in [3.05, 3.63) is 39.9 Å². The SMILES string of the molecule is O=C(O)C(=O)/C=C/c1ccc(Cl)c(Cl)c1. The zero-order chi connectivity index (χ0) is 11.4. The molecule has 0 spiro atoms. The van der Waals surface area contributed by atoms with Gasteiger partial charge in [0.05, 0.1) is 10.0 Å². The quantitative estimate of drug-likeness (QED) is 0.657. The Morgan fingerprint density at radius 1 is 1.20 bits per heavy atom.